The number of nitrogens with two attached hydrogens (primary N) is 2. The minimum atomic E-state index is -0.765. The van der Waals surface area contributed by atoms with Gasteiger partial charge in [-0.2, -0.15) is 10.1 Å². The van der Waals surface area contributed by atoms with Gasteiger partial charge in [-0.15, -0.1) is 10.2 Å². The van der Waals surface area contributed by atoms with Gasteiger partial charge in [0.15, 0.2) is 11.5 Å². The van der Waals surface area contributed by atoms with Crippen LogP contribution in [0, 0.1) is 0 Å². The number of aryl methyl sites for hydroxylation is 1. The van der Waals surface area contributed by atoms with Crippen molar-refractivity contribution in [1.29, 1.82) is 0 Å². The molecule has 3 rings (SSSR count). The molecule has 6 N–H and O–H groups in total. The molecule has 30 heavy (non-hydrogen) atoms. The van der Waals surface area contributed by atoms with E-state index in [4.69, 9.17) is 27.8 Å². The maximum Gasteiger partial charge on any atom is 0.273 e. The molecule has 160 valence electrons. The molecular formula is C18H24ClN9O2. The Kier molecular flexibility index (Phi) is 6.65. The van der Waals surface area contributed by atoms with Gasteiger partial charge in [-0.05, 0) is 26.0 Å². The zero-order chi connectivity index (χ0) is 21.8. The maximum absolute atomic E-state index is 11.8. The van der Waals surface area contributed by atoms with Gasteiger partial charge in [-0.25, -0.2) is 0 Å². The Hall–Kier alpha value is -3.02. The Bertz CT molecular complexity index is 1060. The molecule has 0 unspecified atom stereocenters. The van der Waals surface area contributed by atoms with E-state index in [0.717, 1.165) is 5.39 Å². The molecule has 0 saturated carbocycles. The number of nitrogens with zero attached hydrogens (tertiary/aromatic N) is 5. The van der Waals surface area contributed by atoms with E-state index in [0.29, 0.717) is 29.4 Å². The van der Waals surface area contributed by atoms with Crippen molar-refractivity contribution in [3.05, 3.63) is 29.0 Å². The van der Waals surface area contributed by atoms with Gasteiger partial charge in [0.05, 0.1) is 11.6 Å². The second-order valence-electron chi connectivity index (χ2n) is 6.75. The predicted molar refractivity (Wildman–Crippen MR) is 115 cm³/mol. The smallest absolute Gasteiger partial charge is 0.273 e. The quantitative estimate of drug-likeness (QED) is 0.392. The number of fused-ring (bicyclic) bond motifs is 1. The first-order valence-electron chi connectivity index (χ1n) is 9.31. The number of carbonyl (C=O) groups is 1. The number of amides is 1. The molecule has 1 aromatic carbocycles. The summed E-state index contributed by atoms with van der Waals surface area (Å²) < 4.78 is 6.84. The van der Waals surface area contributed by atoms with Crippen LogP contribution in [-0.2, 0) is 11.3 Å². The van der Waals surface area contributed by atoms with Gasteiger partial charge in [0.2, 0.25) is 5.95 Å². The first-order valence-corrected chi connectivity index (χ1v) is 9.69. The summed E-state index contributed by atoms with van der Waals surface area (Å²) in [5, 5.41) is 19.6. The fourth-order valence-corrected chi connectivity index (χ4v) is 3.07. The van der Waals surface area contributed by atoms with E-state index in [1.807, 2.05) is 26.1 Å². The molecule has 2 aromatic heterocycles. The van der Waals surface area contributed by atoms with Gasteiger partial charge >= 0.3 is 0 Å². The third-order valence-corrected chi connectivity index (χ3v) is 4.76. The van der Waals surface area contributed by atoms with Crippen LogP contribution >= 0.6 is 11.6 Å². The van der Waals surface area contributed by atoms with Crippen LogP contribution in [0.3, 0.4) is 0 Å². The van der Waals surface area contributed by atoms with Crippen LogP contribution in [0.4, 0.5) is 17.5 Å². The minimum absolute atomic E-state index is 0.102. The molecule has 0 aliphatic carbocycles. The van der Waals surface area contributed by atoms with Gasteiger partial charge < -0.3 is 26.8 Å². The molecule has 0 radical (unpaired) electrons. The van der Waals surface area contributed by atoms with Crippen molar-refractivity contribution in [2.45, 2.75) is 32.5 Å². The van der Waals surface area contributed by atoms with Crippen molar-refractivity contribution in [2.75, 3.05) is 24.4 Å². The lowest BCUT2D eigenvalue weighted by atomic mass is 10.2. The monoisotopic (exact) mass is 433 g/mol. The fourth-order valence-electron chi connectivity index (χ4n) is 2.80. The van der Waals surface area contributed by atoms with E-state index in [2.05, 4.69) is 30.9 Å². The van der Waals surface area contributed by atoms with E-state index in [1.54, 1.807) is 17.9 Å². The summed E-state index contributed by atoms with van der Waals surface area (Å²) in [6.07, 6.45) is 1.88. The van der Waals surface area contributed by atoms with E-state index < -0.39 is 5.91 Å². The zero-order valence-corrected chi connectivity index (χ0v) is 17.6. The molecule has 3 aromatic rings. The number of halogens is 1. The Morgan fingerprint density at radius 3 is 2.80 bits per heavy atom. The number of nitrogens with one attached hydrogen (secondary N) is 2. The molecule has 12 heteroatoms. The zero-order valence-electron chi connectivity index (χ0n) is 16.9. The third-order valence-electron chi connectivity index (χ3n) is 4.47. The fraction of sp³-hybridized carbons (Fsp3) is 0.389. The van der Waals surface area contributed by atoms with Crippen LogP contribution in [-0.4, -0.2) is 56.7 Å². The van der Waals surface area contributed by atoms with Gasteiger partial charge in [-0.1, -0.05) is 11.6 Å². The number of carbonyl (C=O) groups excluding carboxylic acids is 1. The second kappa shape index (κ2) is 9.20. The van der Waals surface area contributed by atoms with Gasteiger partial charge in [0, 0.05) is 43.0 Å². The van der Waals surface area contributed by atoms with Crippen LogP contribution in [0.2, 0.25) is 5.02 Å². The minimum Gasteiger partial charge on any atom is -0.383 e. The standard InChI is InChI=1S/C18H24ClN9O2/c1-4-28-7-10-5-11(6-12(19)14(10)27-28)23-17-15(16(21)29)25-26-18(24-17)22-9(2)13(20)8-30-3/h5-7,9,13H,4,8,20H2,1-3H3,(H2,21,29)(H2,22,23,24,26)/t9-,13+/m1/s1. The van der Waals surface area contributed by atoms with Crippen molar-refractivity contribution >= 4 is 45.9 Å². The average Bonchev–Trinajstić information content (AvgIpc) is 3.12. The number of hydrogen-bond acceptors (Lipinski definition) is 9. The Morgan fingerprint density at radius 1 is 1.37 bits per heavy atom. The number of benzene rings is 1. The number of aromatic nitrogens is 5. The lowest BCUT2D eigenvalue weighted by molar-refractivity contribution is 0.0995. The predicted octanol–water partition coefficient (Wildman–Crippen LogP) is 1.51. The van der Waals surface area contributed by atoms with Crippen molar-refractivity contribution < 1.29 is 9.53 Å². The topological polar surface area (TPSA) is 159 Å². The van der Waals surface area contributed by atoms with E-state index in [1.165, 1.54) is 0 Å². The highest BCUT2D eigenvalue weighted by molar-refractivity contribution is 6.35. The average molecular weight is 434 g/mol. The molecule has 0 spiro atoms. The first kappa shape index (κ1) is 21.7. The normalized spacial score (nSPS) is 13.2. The number of methoxy groups -OCH3 is 1. The molecular weight excluding hydrogens is 410 g/mol. The summed E-state index contributed by atoms with van der Waals surface area (Å²) in [5.74, 6) is -0.433. The lowest BCUT2D eigenvalue weighted by Gasteiger charge is -2.20. The molecule has 2 heterocycles. The molecule has 0 fully saturated rings. The van der Waals surface area contributed by atoms with Crippen LogP contribution in [0.1, 0.15) is 24.3 Å². The largest absolute Gasteiger partial charge is 0.383 e. The van der Waals surface area contributed by atoms with Crippen molar-refractivity contribution in [3.63, 3.8) is 0 Å². The first-order chi connectivity index (χ1) is 14.3. The number of anilines is 3. The molecule has 2 atom stereocenters. The Labute approximate surface area is 178 Å². The Balaban J connectivity index is 1.92. The highest BCUT2D eigenvalue weighted by Crippen LogP contribution is 2.29. The summed E-state index contributed by atoms with van der Waals surface area (Å²) in [6, 6.07) is 3.04. The summed E-state index contributed by atoms with van der Waals surface area (Å²) in [7, 11) is 1.57. The van der Waals surface area contributed by atoms with Gasteiger partial charge in [-0.3, -0.25) is 9.48 Å². The maximum atomic E-state index is 11.8. The van der Waals surface area contributed by atoms with Crippen LogP contribution in [0.25, 0.3) is 10.9 Å². The van der Waals surface area contributed by atoms with Crippen LogP contribution in [0.15, 0.2) is 18.3 Å². The number of hydrogen-bond donors (Lipinski definition) is 4. The van der Waals surface area contributed by atoms with E-state index in [9.17, 15) is 4.79 Å². The number of primary amides is 1. The molecule has 1 amide bonds. The highest BCUT2D eigenvalue weighted by atomic mass is 35.5. The van der Waals surface area contributed by atoms with Crippen LogP contribution in [0.5, 0.6) is 0 Å². The number of rotatable bonds is 9. The van der Waals surface area contributed by atoms with Crippen molar-refractivity contribution in [3.8, 4) is 0 Å². The van der Waals surface area contributed by atoms with Crippen molar-refractivity contribution in [2.24, 2.45) is 11.5 Å². The molecule has 0 saturated heterocycles. The Morgan fingerprint density at radius 2 is 2.13 bits per heavy atom. The number of ether oxygens (including phenoxy) is 1. The molecule has 11 nitrogen and oxygen atoms in total. The highest BCUT2D eigenvalue weighted by Gasteiger charge is 2.18. The third kappa shape index (κ3) is 4.75. The summed E-state index contributed by atoms with van der Waals surface area (Å²) in [4.78, 5) is 16.1. The molecule has 0 aliphatic heterocycles. The summed E-state index contributed by atoms with van der Waals surface area (Å²) >= 11 is 6.37. The van der Waals surface area contributed by atoms with E-state index in [-0.39, 0.29) is 29.5 Å². The van der Waals surface area contributed by atoms with Crippen molar-refractivity contribution in [1.82, 2.24) is 25.0 Å². The van der Waals surface area contributed by atoms with E-state index >= 15 is 0 Å². The SMILES string of the molecule is CCn1cc2cc(Nc3nc(N[C@H](C)[C@@H](N)COC)nnc3C(N)=O)cc(Cl)c2n1. The lowest BCUT2D eigenvalue weighted by Crippen LogP contribution is -2.41. The molecule has 0 bridgehead atoms. The molecule has 0 aliphatic rings. The second-order valence-corrected chi connectivity index (χ2v) is 7.16. The summed E-state index contributed by atoms with van der Waals surface area (Å²) in [6.45, 7) is 4.92. The van der Waals surface area contributed by atoms with Gasteiger partial charge in [0.1, 0.15) is 5.52 Å². The summed E-state index contributed by atoms with van der Waals surface area (Å²) in [5.41, 5.74) is 12.6. The van der Waals surface area contributed by atoms with Gasteiger partial charge in [0.25, 0.3) is 5.91 Å². The van der Waals surface area contributed by atoms with Crippen LogP contribution < -0.4 is 22.1 Å².